The number of amides is 2. The predicted octanol–water partition coefficient (Wildman–Crippen LogP) is 1.78. The van der Waals surface area contributed by atoms with Crippen molar-refractivity contribution in [3.05, 3.63) is 54.1 Å². The molecule has 2 aromatic carbocycles. The number of carboxylic acids is 1. The highest BCUT2D eigenvalue weighted by Crippen LogP contribution is 2.28. The molecule has 2 atom stereocenters. The second kappa shape index (κ2) is 9.09. The van der Waals surface area contributed by atoms with Gasteiger partial charge in [-0.05, 0) is 41.8 Å². The molecule has 1 fully saturated rings. The maximum atomic E-state index is 12.4. The lowest BCUT2D eigenvalue weighted by Gasteiger charge is -2.23. The molecule has 2 aromatic rings. The third-order valence-corrected chi connectivity index (χ3v) is 5.02. The first-order valence-corrected chi connectivity index (χ1v) is 9.41. The van der Waals surface area contributed by atoms with E-state index in [0.717, 1.165) is 11.1 Å². The molecule has 0 saturated carbocycles. The van der Waals surface area contributed by atoms with Crippen molar-refractivity contribution in [2.75, 3.05) is 13.2 Å². The minimum Gasteiger partial charge on any atom is -0.491 e. The average molecular weight is 407 g/mol. The number of likely N-dealkylation sites (tertiary alicyclic amines) is 1. The highest BCUT2D eigenvalue weighted by molar-refractivity contribution is 5.89. The summed E-state index contributed by atoms with van der Waals surface area (Å²) in [7, 11) is 0. The van der Waals surface area contributed by atoms with Crippen LogP contribution in [0.2, 0.25) is 0 Å². The van der Waals surface area contributed by atoms with E-state index in [2.05, 4.69) is 6.07 Å². The normalized spacial score (nSPS) is 18.1. The summed E-state index contributed by atoms with van der Waals surface area (Å²) in [6.07, 6.45) is 0.00558. The van der Waals surface area contributed by atoms with E-state index in [1.807, 2.05) is 24.3 Å². The SMILES string of the molecule is N#Cc1ccc(-c2ccc(OC[C@@H]3C[C@@H](CC(=O)O)C(=O)N3CC(N)=O)cc2)cc1. The zero-order valence-electron chi connectivity index (χ0n) is 16.2. The van der Waals surface area contributed by atoms with Crippen molar-refractivity contribution >= 4 is 17.8 Å². The van der Waals surface area contributed by atoms with Crippen LogP contribution < -0.4 is 10.5 Å². The van der Waals surface area contributed by atoms with Gasteiger partial charge in [0.1, 0.15) is 12.4 Å². The Bertz CT molecular complexity index is 979. The summed E-state index contributed by atoms with van der Waals surface area (Å²) in [6, 6.07) is 16.2. The minimum atomic E-state index is -1.06. The first kappa shape index (κ1) is 20.9. The Hall–Kier alpha value is -3.86. The molecule has 0 aliphatic carbocycles. The Kier molecular flexibility index (Phi) is 6.32. The Balaban J connectivity index is 1.65. The number of nitrogens with two attached hydrogens (primary N) is 1. The van der Waals surface area contributed by atoms with Crippen molar-refractivity contribution in [3.8, 4) is 22.9 Å². The van der Waals surface area contributed by atoms with Crippen LogP contribution in [0.1, 0.15) is 18.4 Å². The maximum absolute atomic E-state index is 12.4. The van der Waals surface area contributed by atoms with Gasteiger partial charge in [-0.15, -0.1) is 0 Å². The van der Waals surface area contributed by atoms with Crippen LogP contribution in [0.15, 0.2) is 48.5 Å². The molecule has 0 aromatic heterocycles. The van der Waals surface area contributed by atoms with E-state index in [9.17, 15) is 14.4 Å². The van der Waals surface area contributed by atoms with Gasteiger partial charge in [-0.3, -0.25) is 14.4 Å². The van der Waals surface area contributed by atoms with Crippen molar-refractivity contribution in [2.24, 2.45) is 11.7 Å². The summed E-state index contributed by atoms with van der Waals surface area (Å²) in [4.78, 5) is 36.0. The highest BCUT2D eigenvalue weighted by atomic mass is 16.5. The van der Waals surface area contributed by atoms with E-state index >= 15 is 0 Å². The first-order chi connectivity index (χ1) is 14.4. The van der Waals surface area contributed by atoms with Crippen LogP contribution in [0.25, 0.3) is 11.1 Å². The molecular weight excluding hydrogens is 386 g/mol. The zero-order chi connectivity index (χ0) is 21.7. The van der Waals surface area contributed by atoms with Gasteiger partial charge in [-0.1, -0.05) is 24.3 Å². The van der Waals surface area contributed by atoms with Gasteiger partial charge < -0.3 is 20.5 Å². The lowest BCUT2D eigenvalue weighted by molar-refractivity contribution is -0.142. The molecule has 154 valence electrons. The smallest absolute Gasteiger partial charge is 0.304 e. The Morgan fingerprint density at radius 3 is 2.27 bits per heavy atom. The van der Waals surface area contributed by atoms with Gasteiger partial charge in [0.15, 0.2) is 0 Å². The van der Waals surface area contributed by atoms with Gasteiger partial charge in [-0.25, -0.2) is 0 Å². The summed E-state index contributed by atoms with van der Waals surface area (Å²) in [5, 5.41) is 17.9. The first-order valence-electron chi connectivity index (χ1n) is 9.41. The summed E-state index contributed by atoms with van der Waals surface area (Å²) < 4.78 is 5.79. The molecule has 3 rings (SSSR count). The molecule has 3 N–H and O–H groups in total. The largest absolute Gasteiger partial charge is 0.491 e. The molecule has 2 amide bonds. The molecule has 0 radical (unpaired) electrons. The van der Waals surface area contributed by atoms with Crippen molar-refractivity contribution in [1.29, 1.82) is 5.26 Å². The Morgan fingerprint density at radius 2 is 1.73 bits per heavy atom. The van der Waals surface area contributed by atoms with E-state index in [1.165, 1.54) is 4.90 Å². The van der Waals surface area contributed by atoms with E-state index in [-0.39, 0.29) is 25.5 Å². The third kappa shape index (κ3) is 4.94. The second-order valence-electron chi connectivity index (χ2n) is 7.14. The summed E-state index contributed by atoms with van der Waals surface area (Å²) in [5.74, 6) is -2.21. The number of benzene rings is 2. The van der Waals surface area contributed by atoms with E-state index in [4.69, 9.17) is 20.8 Å². The van der Waals surface area contributed by atoms with Crippen LogP contribution in [-0.2, 0) is 14.4 Å². The molecular formula is C22H21N3O5. The molecule has 8 nitrogen and oxygen atoms in total. The van der Waals surface area contributed by atoms with Gasteiger partial charge >= 0.3 is 5.97 Å². The van der Waals surface area contributed by atoms with E-state index < -0.39 is 23.8 Å². The molecule has 30 heavy (non-hydrogen) atoms. The quantitative estimate of drug-likeness (QED) is 0.685. The van der Waals surface area contributed by atoms with Crippen LogP contribution in [0, 0.1) is 17.2 Å². The van der Waals surface area contributed by atoms with E-state index in [0.29, 0.717) is 17.7 Å². The van der Waals surface area contributed by atoms with Gasteiger partial charge in [0.05, 0.1) is 36.6 Å². The molecule has 8 heteroatoms. The third-order valence-electron chi connectivity index (χ3n) is 5.02. The van der Waals surface area contributed by atoms with Crippen LogP contribution in [-0.4, -0.2) is 47.0 Å². The van der Waals surface area contributed by atoms with Crippen molar-refractivity contribution in [3.63, 3.8) is 0 Å². The summed E-state index contributed by atoms with van der Waals surface area (Å²) in [6.45, 7) is -0.133. The molecule has 1 aliphatic rings. The number of ether oxygens (including phenoxy) is 1. The van der Waals surface area contributed by atoms with Crippen LogP contribution >= 0.6 is 0 Å². The highest BCUT2D eigenvalue weighted by Gasteiger charge is 2.41. The number of hydrogen-bond donors (Lipinski definition) is 2. The number of rotatable bonds is 8. The predicted molar refractivity (Wildman–Crippen MR) is 107 cm³/mol. The molecule has 0 bridgehead atoms. The van der Waals surface area contributed by atoms with Crippen molar-refractivity contribution < 1.29 is 24.2 Å². The van der Waals surface area contributed by atoms with Gasteiger partial charge in [-0.2, -0.15) is 5.26 Å². The summed E-state index contributed by atoms with van der Waals surface area (Å²) >= 11 is 0. The number of carboxylic acid groups (broad SMARTS) is 1. The van der Waals surface area contributed by atoms with Crippen molar-refractivity contribution in [2.45, 2.75) is 18.9 Å². The number of nitrogens with zero attached hydrogens (tertiary/aromatic N) is 2. The Morgan fingerprint density at radius 1 is 1.13 bits per heavy atom. The lowest BCUT2D eigenvalue weighted by atomic mass is 10.0. The fraction of sp³-hybridized carbons (Fsp3) is 0.273. The number of primary amides is 1. The van der Waals surface area contributed by atoms with Crippen LogP contribution in [0.4, 0.5) is 0 Å². The zero-order valence-corrected chi connectivity index (χ0v) is 16.2. The second-order valence-corrected chi connectivity index (χ2v) is 7.14. The molecule has 1 aliphatic heterocycles. The average Bonchev–Trinajstić information content (AvgIpc) is 3.01. The lowest BCUT2D eigenvalue weighted by Crippen LogP contribution is -2.42. The van der Waals surface area contributed by atoms with Gasteiger partial charge in [0, 0.05) is 0 Å². The number of carbonyl (C=O) groups excluding carboxylic acids is 2. The van der Waals surface area contributed by atoms with Crippen LogP contribution in [0.5, 0.6) is 5.75 Å². The number of aliphatic carboxylic acids is 1. The summed E-state index contributed by atoms with van der Waals surface area (Å²) in [5.41, 5.74) is 7.74. The fourth-order valence-electron chi connectivity index (χ4n) is 3.56. The topological polar surface area (TPSA) is 134 Å². The van der Waals surface area contributed by atoms with E-state index in [1.54, 1.807) is 24.3 Å². The van der Waals surface area contributed by atoms with Gasteiger partial charge in [0.25, 0.3) is 0 Å². The molecule has 1 heterocycles. The molecule has 1 saturated heterocycles. The van der Waals surface area contributed by atoms with Crippen molar-refractivity contribution in [1.82, 2.24) is 4.90 Å². The number of carbonyl (C=O) groups is 3. The monoisotopic (exact) mass is 407 g/mol. The van der Waals surface area contributed by atoms with Gasteiger partial charge in [0.2, 0.25) is 11.8 Å². The van der Waals surface area contributed by atoms with Crippen LogP contribution in [0.3, 0.4) is 0 Å². The maximum Gasteiger partial charge on any atom is 0.304 e. The fourth-order valence-corrected chi connectivity index (χ4v) is 3.56. The number of hydrogen-bond acceptors (Lipinski definition) is 5. The molecule has 0 unspecified atom stereocenters. The number of nitriles is 1. The standard InChI is InChI=1S/C22H21N3O5/c23-11-14-1-3-15(4-2-14)16-5-7-19(8-6-16)30-13-18-9-17(10-21(27)28)22(29)25(18)12-20(24)26/h1-8,17-18H,9-10,12-13H2,(H2,24,26)(H,27,28)/t17-,18-/m0/s1. The molecule has 0 spiro atoms. The Labute approximate surface area is 173 Å². The minimum absolute atomic E-state index is 0.130.